The van der Waals surface area contributed by atoms with Crippen LogP contribution in [0, 0.1) is 11.3 Å². The third-order valence-electron chi connectivity index (χ3n) is 4.22. The minimum Gasteiger partial charge on any atom is -0.497 e. The molecule has 0 bridgehead atoms. The van der Waals surface area contributed by atoms with E-state index in [0.717, 1.165) is 10.0 Å². The van der Waals surface area contributed by atoms with Gasteiger partial charge in [-0.15, -0.1) is 0 Å². The highest BCUT2D eigenvalue weighted by Crippen LogP contribution is 2.28. The quantitative estimate of drug-likeness (QED) is 0.367. The lowest BCUT2D eigenvalue weighted by Gasteiger charge is -2.09. The molecule has 0 aromatic heterocycles. The van der Waals surface area contributed by atoms with E-state index >= 15 is 0 Å². The Labute approximate surface area is 183 Å². The number of carbonyl (C=O) groups excluding carboxylic acids is 1. The van der Waals surface area contributed by atoms with Gasteiger partial charge in [-0.2, -0.15) is 5.26 Å². The number of hydrogen-bond donors (Lipinski definition) is 1. The first-order chi connectivity index (χ1) is 14.6. The lowest BCUT2D eigenvalue weighted by Crippen LogP contribution is -2.13. The number of amides is 1. The maximum Gasteiger partial charge on any atom is 0.266 e. The van der Waals surface area contributed by atoms with Crippen LogP contribution in [0.2, 0.25) is 0 Å². The van der Waals surface area contributed by atoms with Crippen molar-refractivity contribution in [3.05, 3.63) is 94.0 Å². The number of nitrogens with one attached hydrogen (secondary N) is 1. The summed E-state index contributed by atoms with van der Waals surface area (Å²) in [4.78, 5) is 12.4. The van der Waals surface area contributed by atoms with Gasteiger partial charge in [-0.3, -0.25) is 4.79 Å². The fourth-order valence-corrected chi connectivity index (χ4v) is 3.16. The molecule has 3 aromatic rings. The number of halogens is 1. The van der Waals surface area contributed by atoms with Crippen molar-refractivity contribution in [3.63, 3.8) is 0 Å². The van der Waals surface area contributed by atoms with Crippen LogP contribution >= 0.6 is 15.9 Å². The summed E-state index contributed by atoms with van der Waals surface area (Å²) < 4.78 is 11.7. The van der Waals surface area contributed by atoms with Gasteiger partial charge in [0.05, 0.1) is 11.6 Å². The van der Waals surface area contributed by atoms with Crippen LogP contribution in [0.25, 0.3) is 6.08 Å². The second kappa shape index (κ2) is 10.3. The van der Waals surface area contributed by atoms with Gasteiger partial charge in [-0.05, 0) is 69.5 Å². The predicted octanol–water partition coefficient (Wildman–Crippen LogP) is 5.58. The second-order valence-electron chi connectivity index (χ2n) is 6.32. The van der Waals surface area contributed by atoms with E-state index in [1.165, 1.54) is 6.08 Å². The van der Waals surface area contributed by atoms with Crippen LogP contribution in [0.15, 0.2) is 82.8 Å². The number of methoxy groups -OCH3 is 1. The molecule has 0 saturated heterocycles. The first-order valence-corrected chi connectivity index (χ1v) is 9.92. The van der Waals surface area contributed by atoms with Crippen LogP contribution in [0.3, 0.4) is 0 Å². The van der Waals surface area contributed by atoms with Crippen LogP contribution < -0.4 is 14.8 Å². The molecule has 0 saturated carbocycles. The van der Waals surface area contributed by atoms with E-state index in [-0.39, 0.29) is 5.57 Å². The molecule has 3 rings (SSSR count). The smallest absolute Gasteiger partial charge is 0.266 e. The van der Waals surface area contributed by atoms with Gasteiger partial charge in [-0.25, -0.2) is 0 Å². The molecule has 0 spiro atoms. The van der Waals surface area contributed by atoms with Gasteiger partial charge in [0.2, 0.25) is 0 Å². The number of anilines is 1. The van der Waals surface area contributed by atoms with E-state index in [1.54, 1.807) is 49.6 Å². The van der Waals surface area contributed by atoms with Gasteiger partial charge in [-0.1, -0.05) is 36.4 Å². The lowest BCUT2D eigenvalue weighted by atomic mass is 10.1. The van der Waals surface area contributed by atoms with Crippen molar-refractivity contribution >= 4 is 33.6 Å². The Balaban J connectivity index is 1.69. The number of rotatable bonds is 7. The van der Waals surface area contributed by atoms with Crippen molar-refractivity contribution in [1.29, 1.82) is 5.26 Å². The van der Waals surface area contributed by atoms with Gasteiger partial charge in [0.25, 0.3) is 5.91 Å². The highest BCUT2D eigenvalue weighted by Gasteiger charge is 2.11. The summed E-state index contributed by atoms with van der Waals surface area (Å²) in [5, 5.41) is 12.1. The molecule has 0 aliphatic rings. The first-order valence-electron chi connectivity index (χ1n) is 9.12. The molecule has 0 aliphatic heterocycles. The zero-order chi connectivity index (χ0) is 21.3. The third-order valence-corrected chi connectivity index (χ3v) is 4.84. The third kappa shape index (κ3) is 5.72. The molecule has 1 N–H and O–H groups in total. The summed E-state index contributed by atoms with van der Waals surface area (Å²) in [5.74, 6) is 0.879. The van der Waals surface area contributed by atoms with E-state index in [0.29, 0.717) is 29.4 Å². The average Bonchev–Trinajstić information content (AvgIpc) is 2.78. The SMILES string of the molecule is COc1ccc(NC(=O)/C(C#N)=C/c2ccc(OCc3ccccc3)c(Br)c2)cc1. The highest BCUT2D eigenvalue weighted by atomic mass is 79.9. The minimum absolute atomic E-state index is 0.00401. The molecule has 0 aliphatic carbocycles. The number of nitriles is 1. The molecule has 3 aromatic carbocycles. The summed E-state index contributed by atoms with van der Waals surface area (Å²) in [5.41, 5.74) is 2.34. The van der Waals surface area contributed by atoms with E-state index in [1.807, 2.05) is 36.4 Å². The Morgan fingerprint density at radius 2 is 1.83 bits per heavy atom. The Hall–Kier alpha value is -3.56. The zero-order valence-electron chi connectivity index (χ0n) is 16.3. The Bertz CT molecular complexity index is 1090. The van der Waals surface area contributed by atoms with Crippen LogP contribution in [0.1, 0.15) is 11.1 Å². The number of ether oxygens (including phenoxy) is 2. The van der Waals surface area contributed by atoms with Crippen LogP contribution in [0.4, 0.5) is 5.69 Å². The molecule has 0 radical (unpaired) electrons. The first kappa shape index (κ1) is 21.2. The summed E-state index contributed by atoms with van der Waals surface area (Å²) in [6.45, 7) is 0.447. The number of carbonyl (C=O) groups is 1. The fraction of sp³-hybridized carbons (Fsp3) is 0.0833. The van der Waals surface area contributed by atoms with Crippen LogP contribution in [0.5, 0.6) is 11.5 Å². The zero-order valence-corrected chi connectivity index (χ0v) is 17.8. The fourth-order valence-electron chi connectivity index (χ4n) is 2.65. The summed E-state index contributed by atoms with van der Waals surface area (Å²) in [6, 6.07) is 24.1. The molecule has 6 heteroatoms. The molecule has 30 heavy (non-hydrogen) atoms. The summed E-state index contributed by atoms with van der Waals surface area (Å²) >= 11 is 3.49. The number of hydrogen-bond acceptors (Lipinski definition) is 4. The van der Waals surface area contributed by atoms with E-state index in [2.05, 4.69) is 21.2 Å². The van der Waals surface area contributed by atoms with Gasteiger partial charge in [0.1, 0.15) is 29.7 Å². The average molecular weight is 463 g/mol. The van der Waals surface area contributed by atoms with Gasteiger partial charge in [0.15, 0.2) is 0 Å². The van der Waals surface area contributed by atoms with Crippen LogP contribution in [-0.4, -0.2) is 13.0 Å². The topological polar surface area (TPSA) is 71.3 Å². The highest BCUT2D eigenvalue weighted by molar-refractivity contribution is 9.10. The maximum atomic E-state index is 12.4. The monoisotopic (exact) mass is 462 g/mol. The standard InChI is InChI=1S/C24H19BrN2O3/c1-29-21-10-8-20(9-11-21)27-24(28)19(15-26)13-18-7-12-23(22(25)14-18)30-16-17-5-3-2-4-6-17/h2-14H,16H2,1H3,(H,27,28)/b19-13+. The molecule has 150 valence electrons. The van der Waals surface area contributed by atoms with Crippen molar-refractivity contribution in [2.24, 2.45) is 0 Å². The summed E-state index contributed by atoms with van der Waals surface area (Å²) in [7, 11) is 1.57. The van der Waals surface area contributed by atoms with E-state index in [9.17, 15) is 10.1 Å². The molecular formula is C24H19BrN2O3. The summed E-state index contributed by atoms with van der Waals surface area (Å²) in [6.07, 6.45) is 1.53. The van der Waals surface area contributed by atoms with Crippen molar-refractivity contribution < 1.29 is 14.3 Å². The van der Waals surface area contributed by atoms with Gasteiger partial charge >= 0.3 is 0 Å². The van der Waals surface area contributed by atoms with Crippen LogP contribution in [-0.2, 0) is 11.4 Å². The minimum atomic E-state index is -0.483. The lowest BCUT2D eigenvalue weighted by molar-refractivity contribution is -0.112. The normalized spacial score (nSPS) is 10.8. The Morgan fingerprint density at radius 1 is 1.10 bits per heavy atom. The molecule has 0 fully saturated rings. The predicted molar refractivity (Wildman–Crippen MR) is 120 cm³/mol. The largest absolute Gasteiger partial charge is 0.497 e. The molecular weight excluding hydrogens is 444 g/mol. The van der Waals surface area contributed by atoms with Crippen molar-refractivity contribution in [2.45, 2.75) is 6.61 Å². The molecule has 1 amide bonds. The van der Waals surface area contributed by atoms with Crippen molar-refractivity contribution in [1.82, 2.24) is 0 Å². The van der Waals surface area contributed by atoms with Gasteiger partial charge in [0, 0.05) is 5.69 Å². The Kier molecular flexibility index (Phi) is 7.25. The molecule has 0 atom stereocenters. The van der Waals surface area contributed by atoms with Gasteiger partial charge < -0.3 is 14.8 Å². The second-order valence-corrected chi connectivity index (χ2v) is 7.17. The van der Waals surface area contributed by atoms with E-state index in [4.69, 9.17) is 9.47 Å². The van der Waals surface area contributed by atoms with Crippen molar-refractivity contribution in [2.75, 3.05) is 12.4 Å². The maximum absolute atomic E-state index is 12.4. The van der Waals surface area contributed by atoms with Crippen molar-refractivity contribution in [3.8, 4) is 17.6 Å². The van der Waals surface area contributed by atoms with E-state index < -0.39 is 5.91 Å². The molecule has 0 unspecified atom stereocenters. The number of benzene rings is 3. The number of nitrogens with zero attached hydrogens (tertiary/aromatic N) is 1. The Morgan fingerprint density at radius 3 is 2.47 bits per heavy atom. The molecule has 5 nitrogen and oxygen atoms in total. The molecule has 0 heterocycles.